The van der Waals surface area contributed by atoms with Gasteiger partial charge in [0, 0.05) is 6.07 Å². The molecule has 0 unspecified atom stereocenters. The van der Waals surface area contributed by atoms with Crippen molar-refractivity contribution in [3.63, 3.8) is 0 Å². The number of hydrogen-bond acceptors (Lipinski definition) is 5. The van der Waals surface area contributed by atoms with Gasteiger partial charge in [-0.05, 0) is 52.6 Å². The van der Waals surface area contributed by atoms with Gasteiger partial charge in [0.05, 0.1) is 17.6 Å². The minimum Gasteiger partial charge on any atom is -0.399 e. The van der Waals surface area contributed by atoms with Crippen molar-refractivity contribution in [1.82, 2.24) is 5.16 Å². The van der Waals surface area contributed by atoms with E-state index in [2.05, 4.69) is 10.5 Å². The average Bonchev–Trinajstić information content (AvgIpc) is 3.17. The van der Waals surface area contributed by atoms with Gasteiger partial charge < -0.3 is 13.8 Å². The van der Waals surface area contributed by atoms with E-state index in [0.717, 1.165) is 25.4 Å². The molecular weight excluding hydrogens is 412 g/mol. The number of hydrogen-bond donors (Lipinski definition) is 1. The molecule has 2 heterocycles. The third kappa shape index (κ3) is 4.64. The Morgan fingerprint density at radius 3 is 2.13 bits per heavy atom. The number of aromatic nitrogens is 1. The molecule has 1 saturated heterocycles. The van der Waals surface area contributed by atoms with Gasteiger partial charge in [-0.25, -0.2) is 0 Å². The van der Waals surface area contributed by atoms with Crippen LogP contribution in [0.5, 0.6) is 0 Å². The Morgan fingerprint density at radius 1 is 1.06 bits per heavy atom. The second-order valence-electron chi connectivity index (χ2n) is 9.25. The van der Waals surface area contributed by atoms with E-state index < -0.39 is 35.8 Å². The van der Waals surface area contributed by atoms with Gasteiger partial charge in [-0.15, -0.1) is 0 Å². The zero-order chi connectivity index (χ0) is 23.2. The van der Waals surface area contributed by atoms with Crippen LogP contribution < -0.4 is 10.8 Å². The molecule has 0 radical (unpaired) electrons. The molecule has 1 amide bonds. The molecule has 1 fully saturated rings. The first-order valence-electron chi connectivity index (χ1n) is 9.91. The molecule has 0 atom stereocenters. The van der Waals surface area contributed by atoms with Crippen LogP contribution in [0.2, 0.25) is 0 Å². The lowest BCUT2D eigenvalue weighted by Gasteiger charge is -2.32. The molecule has 6 nitrogen and oxygen atoms in total. The highest BCUT2D eigenvalue weighted by Crippen LogP contribution is 2.40. The number of amides is 1. The molecule has 0 saturated carbocycles. The van der Waals surface area contributed by atoms with Crippen LogP contribution in [-0.4, -0.2) is 35.6 Å². The minimum atomic E-state index is -4.50. The lowest BCUT2D eigenvalue weighted by atomic mass is 9.79. The molecule has 1 N–H and O–H groups in total. The van der Waals surface area contributed by atoms with E-state index in [1.54, 1.807) is 12.1 Å². The molecule has 3 rings (SSSR count). The third-order valence-corrected chi connectivity index (χ3v) is 5.99. The molecule has 0 bridgehead atoms. The number of carbonyl (C=O) groups excluding carboxylic acids is 1. The van der Waals surface area contributed by atoms with Gasteiger partial charge >= 0.3 is 13.3 Å². The van der Waals surface area contributed by atoms with Crippen molar-refractivity contribution in [2.45, 2.75) is 70.8 Å². The summed E-state index contributed by atoms with van der Waals surface area (Å²) >= 11 is 0. The Hall–Kier alpha value is -2.33. The molecule has 1 aromatic carbocycles. The second-order valence-corrected chi connectivity index (χ2v) is 9.25. The first-order valence-corrected chi connectivity index (χ1v) is 9.91. The van der Waals surface area contributed by atoms with Crippen LogP contribution in [-0.2, 0) is 25.9 Å². The highest BCUT2D eigenvalue weighted by molar-refractivity contribution is 6.62. The van der Waals surface area contributed by atoms with Gasteiger partial charge in [0.15, 0.2) is 0 Å². The average molecular weight is 438 g/mol. The molecule has 2 aromatic rings. The highest BCUT2D eigenvalue weighted by Gasteiger charge is 2.52. The van der Waals surface area contributed by atoms with E-state index in [1.807, 2.05) is 39.8 Å². The van der Waals surface area contributed by atoms with Crippen molar-refractivity contribution in [3.05, 3.63) is 41.6 Å². The van der Waals surface area contributed by atoms with Crippen LogP contribution in [0.1, 0.15) is 52.8 Å². The summed E-state index contributed by atoms with van der Waals surface area (Å²) in [7, 11) is -0.502. The minimum absolute atomic E-state index is 0.0162. The summed E-state index contributed by atoms with van der Waals surface area (Å²) in [6.07, 6.45) is -4.48. The summed E-state index contributed by atoms with van der Waals surface area (Å²) in [4.78, 5) is 12.3. The van der Waals surface area contributed by atoms with Gasteiger partial charge in [0.2, 0.25) is 11.8 Å². The van der Waals surface area contributed by atoms with Gasteiger partial charge in [-0.3, -0.25) is 10.1 Å². The number of alkyl halides is 3. The fraction of sp³-hybridized carbons (Fsp3) is 0.524. The number of nitrogens with one attached hydrogen (secondary N) is 1. The molecule has 0 aliphatic carbocycles. The number of anilines is 1. The van der Waals surface area contributed by atoms with Crippen molar-refractivity contribution in [1.29, 1.82) is 0 Å². The van der Waals surface area contributed by atoms with E-state index in [0.29, 0.717) is 5.56 Å². The van der Waals surface area contributed by atoms with Crippen molar-refractivity contribution >= 4 is 24.4 Å². The smallest absolute Gasteiger partial charge is 0.399 e. The summed E-state index contributed by atoms with van der Waals surface area (Å²) in [5, 5.41) is 5.90. The lowest BCUT2D eigenvalue weighted by Crippen LogP contribution is -2.41. The zero-order valence-electron chi connectivity index (χ0n) is 18.4. The predicted octanol–water partition coefficient (Wildman–Crippen LogP) is 3.99. The number of halogens is 3. The normalized spacial score (nSPS) is 18.3. The molecule has 1 aromatic heterocycles. The van der Waals surface area contributed by atoms with Crippen LogP contribution >= 0.6 is 0 Å². The van der Waals surface area contributed by atoms with Crippen LogP contribution in [0.4, 0.5) is 19.1 Å². The van der Waals surface area contributed by atoms with Gasteiger partial charge in [0.25, 0.3) is 0 Å². The summed E-state index contributed by atoms with van der Waals surface area (Å²) < 4.78 is 56.2. The van der Waals surface area contributed by atoms with E-state index >= 15 is 0 Å². The molecule has 1 aliphatic rings. The standard InChI is InChI=1S/C21H26BF3N2O4/c1-18(2,21(23,24)25)15-12-17(29-27-15)26-16(28)11-13-7-9-14(10-8-13)22-30-19(3,4)20(5,6)31-22/h7-10,12H,11H2,1-6H3,(H,26,28). The predicted molar refractivity (Wildman–Crippen MR) is 110 cm³/mol. The van der Waals surface area contributed by atoms with Gasteiger partial charge in [-0.1, -0.05) is 29.4 Å². The van der Waals surface area contributed by atoms with Crippen LogP contribution in [0.15, 0.2) is 34.9 Å². The zero-order valence-corrected chi connectivity index (χ0v) is 18.4. The first kappa shape index (κ1) is 23.3. The quantitative estimate of drug-likeness (QED) is 0.715. The SMILES string of the molecule is CC1(C)OB(c2ccc(CC(=O)Nc3cc(C(C)(C)C(F)(F)F)no3)cc2)OC1(C)C. The number of rotatable bonds is 5. The number of nitrogens with zero attached hydrogens (tertiary/aromatic N) is 1. The van der Waals surface area contributed by atoms with Crippen molar-refractivity contribution in [2.75, 3.05) is 5.32 Å². The highest BCUT2D eigenvalue weighted by atomic mass is 19.4. The van der Waals surface area contributed by atoms with E-state index in [1.165, 1.54) is 0 Å². The van der Waals surface area contributed by atoms with Crippen molar-refractivity contribution in [2.24, 2.45) is 0 Å². The van der Waals surface area contributed by atoms with Crippen LogP contribution in [0.3, 0.4) is 0 Å². The Morgan fingerprint density at radius 2 is 1.61 bits per heavy atom. The fourth-order valence-corrected chi connectivity index (χ4v) is 2.91. The van der Waals surface area contributed by atoms with Crippen LogP contribution in [0, 0.1) is 0 Å². The molecule has 31 heavy (non-hydrogen) atoms. The van der Waals surface area contributed by atoms with Crippen LogP contribution in [0.25, 0.3) is 0 Å². The summed E-state index contributed by atoms with van der Waals surface area (Å²) in [5.41, 5.74) is -1.85. The molecule has 1 aliphatic heterocycles. The van der Waals surface area contributed by atoms with Gasteiger partial charge in [0.1, 0.15) is 11.1 Å². The largest absolute Gasteiger partial charge is 0.494 e. The first-order chi connectivity index (χ1) is 14.1. The second kappa shape index (κ2) is 7.67. The Bertz CT molecular complexity index is 936. The number of carbonyl (C=O) groups is 1. The lowest BCUT2D eigenvalue weighted by molar-refractivity contribution is -0.181. The molecule has 168 valence electrons. The molecule has 10 heteroatoms. The van der Waals surface area contributed by atoms with E-state index in [-0.39, 0.29) is 18.0 Å². The van der Waals surface area contributed by atoms with E-state index in [9.17, 15) is 18.0 Å². The summed E-state index contributed by atoms with van der Waals surface area (Å²) in [6.45, 7) is 9.87. The third-order valence-electron chi connectivity index (χ3n) is 5.99. The number of benzene rings is 1. The fourth-order valence-electron chi connectivity index (χ4n) is 2.91. The Kier molecular flexibility index (Phi) is 5.77. The molecular formula is C21H26BF3N2O4. The Balaban J connectivity index is 1.61. The Labute approximate surface area is 179 Å². The topological polar surface area (TPSA) is 73.6 Å². The van der Waals surface area contributed by atoms with Crippen molar-refractivity contribution < 1.29 is 31.8 Å². The van der Waals surface area contributed by atoms with Crippen molar-refractivity contribution in [3.8, 4) is 0 Å². The maximum Gasteiger partial charge on any atom is 0.494 e. The monoisotopic (exact) mass is 438 g/mol. The summed E-state index contributed by atoms with van der Waals surface area (Å²) in [6, 6.07) is 8.29. The maximum absolute atomic E-state index is 13.1. The van der Waals surface area contributed by atoms with E-state index in [4.69, 9.17) is 13.8 Å². The molecule has 0 spiro atoms. The van der Waals surface area contributed by atoms with Gasteiger partial charge in [-0.2, -0.15) is 13.2 Å². The summed E-state index contributed by atoms with van der Waals surface area (Å²) in [5.74, 6) is -0.568. The maximum atomic E-state index is 13.1.